The van der Waals surface area contributed by atoms with Gasteiger partial charge in [-0.25, -0.2) is 0 Å². The quantitative estimate of drug-likeness (QED) is 0.307. The lowest BCUT2D eigenvalue weighted by molar-refractivity contribution is -0.116. The van der Waals surface area contributed by atoms with Crippen LogP contribution in [0, 0.1) is 16.7 Å². The maximum atomic E-state index is 12.6. The van der Waals surface area contributed by atoms with Crippen LogP contribution in [-0.4, -0.2) is 61.2 Å². The minimum absolute atomic E-state index is 0.114. The molecule has 6 rings (SSSR count). The van der Waals surface area contributed by atoms with Gasteiger partial charge in [-0.1, -0.05) is 25.0 Å². The Morgan fingerprint density at radius 3 is 2.67 bits per heavy atom. The van der Waals surface area contributed by atoms with E-state index in [4.69, 9.17) is 13.8 Å². The largest absolute Gasteiger partial charge is 0.454 e. The lowest BCUT2D eigenvalue weighted by Crippen LogP contribution is -2.49. The summed E-state index contributed by atoms with van der Waals surface area (Å²) in [6.45, 7) is 5.91. The number of rotatable bonds is 8. The molecule has 0 spiro atoms. The van der Waals surface area contributed by atoms with E-state index >= 15 is 0 Å². The Bertz CT molecular complexity index is 1370. The molecule has 0 radical (unpaired) electrons. The summed E-state index contributed by atoms with van der Waals surface area (Å²) >= 11 is 1.58. The van der Waals surface area contributed by atoms with Crippen LogP contribution in [0.5, 0.6) is 11.5 Å². The predicted molar refractivity (Wildman–Crippen MR) is 154 cm³/mol. The van der Waals surface area contributed by atoms with E-state index in [-0.39, 0.29) is 18.4 Å². The first-order valence-corrected chi connectivity index (χ1v) is 14.5. The molecule has 1 aliphatic carbocycles. The van der Waals surface area contributed by atoms with Gasteiger partial charge in [-0.2, -0.15) is 4.37 Å². The number of nitrogens with one attached hydrogen (secondary N) is 1. The number of fused-ring (bicyclic) bond motifs is 2. The van der Waals surface area contributed by atoms with Gasteiger partial charge in [-0.15, -0.1) is 4.91 Å². The summed E-state index contributed by atoms with van der Waals surface area (Å²) in [6, 6.07) is 11.7. The third kappa shape index (κ3) is 5.77. The van der Waals surface area contributed by atoms with Gasteiger partial charge in [0, 0.05) is 62.4 Å². The molecule has 1 amide bonds. The average molecular weight is 548 g/mol. The van der Waals surface area contributed by atoms with Crippen LogP contribution >= 0.6 is 11.5 Å². The number of nitrogens with zero attached hydrogens (tertiary/aromatic N) is 4. The van der Waals surface area contributed by atoms with Gasteiger partial charge >= 0.3 is 0 Å². The molecule has 2 aromatic carbocycles. The summed E-state index contributed by atoms with van der Waals surface area (Å²) < 4.78 is 16.7. The zero-order valence-corrected chi connectivity index (χ0v) is 22.7. The van der Waals surface area contributed by atoms with Crippen molar-refractivity contribution in [1.82, 2.24) is 14.6 Å². The molecule has 1 saturated heterocycles. The van der Waals surface area contributed by atoms with E-state index in [9.17, 15) is 9.70 Å². The van der Waals surface area contributed by atoms with E-state index in [1.165, 1.54) is 35.4 Å². The van der Waals surface area contributed by atoms with Crippen LogP contribution in [0.2, 0.25) is 0 Å². The Morgan fingerprint density at radius 2 is 1.85 bits per heavy atom. The Hall–Kier alpha value is -3.50. The van der Waals surface area contributed by atoms with E-state index in [0.717, 1.165) is 45.0 Å². The third-order valence-corrected chi connectivity index (χ3v) is 8.98. The predicted octanol–water partition coefficient (Wildman–Crippen LogP) is 5.18. The Kier molecular flexibility index (Phi) is 7.74. The van der Waals surface area contributed by atoms with E-state index in [1.54, 1.807) is 29.7 Å². The molecule has 10 heteroatoms. The number of hydrogen-bond donors (Lipinski definition) is 1. The molecule has 2 atom stereocenters. The summed E-state index contributed by atoms with van der Waals surface area (Å²) in [7, 11) is 0. The fraction of sp³-hybridized carbons (Fsp3) is 0.448. The molecule has 0 unspecified atom stereocenters. The van der Waals surface area contributed by atoms with Crippen molar-refractivity contribution in [2.45, 2.75) is 25.7 Å². The van der Waals surface area contributed by atoms with Crippen molar-refractivity contribution in [3.63, 3.8) is 0 Å². The average Bonchev–Trinajstić information content (AvgIpc) is 3.62. The number of piperazine rings is 1. The molecular weight excluding hydrogens is 514 g/mol. The fourth-order valence-corrected chi connectivity index (χ4v) is 6.78. The normalized spacial score (nSPS) is 21.5. The van der Waals surface area contributed by atoms with Crippen molar-refractivity contribution in [1.29, 1.82) is 0 Å². The van der Waals surface area contributed by atoms with Crippen molar-refractivity contribution in [3.8, 4) is 11.5 Å². The molecule has 3 aliphatic rings. The highest BCUT2D eigenvalue weighted by atomic mass is 32.1. The molecule has 204 valence electrons. The number of nitroso groups, excluding NO2 is 1. The van der Waals surface area contributed by atoms with Crippen molar-refractivity contribution < 1.29 is 14.3 Å². The molecule has 39 heavy (non-hydrogen) atoms. The molecule has 1 aromatic heterocycles. The number of benzene rings is 2. The van der Waals surface area contributed by atoms with E-state index < -0.39 is 0 Å². The number of amides is 1. The summed E-state index contributed by atoms with van der Waals surface area (Å²) in [6.07, 6.45) is 7.89. The van der Waals surface area contributed by atoms with Crippen LogP contribution in [0.1, 0.15) is 31.2 Å². The maximum absolute atomic E-state index is 12.6. The van der Waals surface area contributed by atoms with Crippen LogP contribution in [-0.2, 0) is 4.79 Å². The van der Waals surface area contributed by atoms with Gasteiger partial charge in [-0.05, 0) is 65.7 Å². The van der Waals surface area contributed by atoms with E-state index in [0.29, 0.717) is 35.4 Å². The maximum Gasteiger partial charge on any atom is 0.244 e. The van der Waals surface area contributed by atoms with Gasteiger partial charge in [0.25, 0.3) is 0 Å². The second-order valence-corrected chi connectivity index (χ2v) is 11.3. The highest BCUT2D eigenvalue weighted by Gasteiger charge is 2.29. The molecule has 1 saturated carbocycles. The molecule has 2 fully saturated rings. The van der Waals surface area contributed by atoms with Gasteiger partial charge in [0.1, 0.15) is 11.5 Å². The molecular formula is C29H33N5O4S. The van der Waals surface area contributed by atoms with Crippen molar-refractivity contribution in [2.75, 3.05) is 51.0 Å². The summed E-state index contributed by atoms with van der Waals surface area (Å²) in [5.41, 5.74) is 0.753. The monoisotopic (exact) mass is 547 g/mol. The zero-order valence-electron chi connectivity index (χ0n) is 21.9. The second kappa shape index (κ2) is 11.7. The van der Waals surface area contributed by atoms with Crippen molar-refractivity contribution in [2.24, 2.45) is 17.0 Å². The number of carbonyl (C=O) groups excluding carboxylic acids is 1. The van der Waals surface area contributed by atoms with Crippen LogP contribution < -0.4 is 19.7 Å². The van der Waals surface area contributed by atoms with Gasteiger partial charge in [0.05, 0.1) is 4.70 Å². The topological polar surface area (TPSA) is 96.4 Å². The SMILES string of the molecule is O=Nc1cc2c(cc1/C=C/C(=O)NC[C@H]1CCCC[C@H]1CN1CCN(c3nsc4ccccc34)CC1)OCO2. The number of anilines is 1. The van der Waals surface area contributed by atoms with Gasteiger partial charge in [0.2, 0.25) is 12.7 Å². The number of carbonyl (C=O) groups is 1. The second-order valence-electron chi connectivity index (χ2n) is 10.5. The third-order valence-electron chi connectivity index (χ3n) is 8.16. The zero-order chi connectivity index (χ0) is 26.6. The fourth-order valence-electron chi connectivity index (χ4n) is 5.98. The van der Waals surface area contributed by atoms with E-state index in [2.05, 4.69) is 44.6 Å². The smallest absolute Gasteiger partial charge is 0.244 e. The van der Waals surface area contributed by atoms with E-state index in [1.807, 2.05) is 0 Å². The lowest BCUT2D eigenvalue weighted by Gasteiger charge is -2.40. The summed E-state index contributed by atoms with van der Waals surface area (Å²) in [5.74, 6) is 3.04. The summed E-state index contributed by atoms with van der Waals surface area (Å²) in [5, 5.41) is 7.42. The Morgan fingerprint density at radius 1 is 1.08 bits per heavy atom. The molecule has 2 aliphatic heterocycles. The van der Waals surface area contributed by atoms with Crippen molar-refractivity contribution >= 4 is 45.1 Å². The van der Waals surface area contributed by atoms with Crippen LogP contribution in [0.4, 0.5) is 11.5 Å². The minimum Gasteiger partial charge on any atom is -0.454 e. The number of ether oxygens (including phenoxy) is 2. The Labute approximate surface area is 231 Å². The highest BCUT2D eigenvalue weighted by Crippen LogP contribution is 2.39. The Balaban J connectivity index is 1.01. The van der Waals surface area contributed by atoms with Crippen LogP contribution in [0.3, 0.4) is 0 Å². The number of hydrogen-bond acceptors (Lipinski definition) is 9. The molecule has 3 heterocycles. The minimum atomic E-state index is -0.169. The highest BCUT2D eigenvalue weighted by molar-refractivity contribution is 7.13. The van der Waals surface area contributed by atoms with Crippen LogP contribution in [0.25, 0.3) is 16.2 Å². The van der Waals surface area contributed by atoms with Crippen LogP contribution in [0.15, 0.2) is 47.7 Å². The van der Waals surface area contributed by atoms with Crippen molar-refractivity contribution in [3.05, 3.63) is 52.9 Å². The first-order valence-electron chi connectivity index (χ1n) is 13.7. The first-order chi connectivity index (χ1) is 19.2. The molecule has 3 aromatic rings. The van der Waals surface area contributed by atoms with Gasteiger partial charge in [0.15, 0.2) is 11.5 Å². The molecule has 9 nitrogen and oxygen atoms in total. The first kappa shape index (κ1) is 25.8. The molecule has 0 bridgehead atoms. The lowest BCUT2D eigenvalue weighted by atomic mass is 9.78. The summed E-state index contributed by atoms with van der Waals surface area (Å²) in [4.78, 5) is 28.9. The number of aromatic nitrogens is 1. The molecule has 1 N–H and O–H groups in total. The van der Waals surface area contributed by atoms with Gasteiger partial charge < -0.3 is 19.7 Å². The van der Waals surface area contributed by atoms with Gasteiger partial charge in [-0.3, -0.25) is 9.69 Å². The standard InChI is InChI=1S/C29H33N5O4S/c35-28(10-9-20-15-25-26(38-19-37-25)16-24(20)31-36)30-17-21-5-1-2-6-22(21)18-33-11-13-34(14-12-33)29-23-7-3-4-8-27(23)39-32-29/h3-4,7-10,15-16,21-22H,1-2,5-6,11-14,17-19H2,(H,30,35)/b10-9+/t21-,22+/m1/s1.